The average Bonchev–Trinajstić information content (AvgIpc) is 2.50. The summed E-state index contributed by atoms with van der Waals surface area (Å²) >= 11 is 0. The topological polar surface area (TPSA) is 113 Å². The van der Waals surface area contributed by atoms with Crippen molar-refractivity contribution in [3.05, 3.63) is 35.9 Å². The van der Waals surface area contributed by atoms with Crippen LogP contribution < -0.4 is 10.1 Å². The molecule has 7 heteroatoms. The van der Waals surface area contributed by atoms with Gasteiger partial charge in [-0.25, -0.2) is 4.79 Å². The lowest BCUT2D eigenvalue weighted by molar-refractivity contribution is -0.142. The van der Waals surface area contributed by atoms with Crippen LogP contribution in [0.5, 0.6) is 5.75 Å². The zero-order valence-electron chi connectivity index (χ0n) is 12.7. The van der Waals surface area contributed by atoms with Gasteiger partial charge in [0, 0.05) is 12.5 Å². The molecule has 3 N–H and O–H groups in total. The van der Waals surface area contributed by atoms with Crippen LogP contribution in [-0.2, 0) is 14.4 Å². The molecule has 1 atom stereocenters. The number of carboxylic acid groups (broad SMARTS) is 2. The van der Waals surface area contributed by atoms with Crippen LogP contribution in [0.3, 0.4) is 0 Å². The number of amides is 1. The Balaban J connectivity index is 2.59. The number of rotatable bonds is 9. The van der Waals surface area contributed by atoms with E-state index in [9.17, 15) is 14.4 Å². The van der Waals surface area contributed by atoms with E-state index in [1.807, 2.05) is 6.92 Å². The predicted molar refractivity (Wildman–Crippen MR) is 83.1 cm³/mol. The van der Waals surface area contributed by atoms with E-state index in [4.69, 9.17) is 14.9 Å². The molecule has 0 aliphatic heterocycles. The molecule has 0 aliphatic carbocycles. The molecule has 1 aromatic carbocycles. The fraction of sp³-hybridized carbons (Fsp3) is 0.312. The van der Waals surface area contributed by atoms with Crippen molar-refractivity contribution < 1.29 is 29.3 Å². The van der Waals surface area contributed by atoms with Crippen molar-refractivity contribution in [2.45, 2.75) is 25.8 Å². The highest BCUT2D eigenvalue weighted by Gasteiger charge is 2.19. The largest absolute Gasteiger partial charge is 0.494 e. The minimum absolute atomic E-state index is 0.173. The number of ether oxygens (including phenoxy) is 1. The van der Waals surface area contributed by atoms with Gasteiger partial charge in [0.15, 0.2) is 0 Å². The van der Waals surface area contributed by atoms with Crippen LogP contribution in [0.4, 0.5) is 0 Å². The quantitative estimate of drug-likeness (QED) is 0.595. The van der Waals surface area contributed by atoms with Crippen LogP contribution in [0.2, 0.25) is 0 Å². The number of hydrogen-bond donors (Lipinski definition) is 3. The van der Waals surface area contributed by atoms with Gasteiger partial charge in [-0.2, -0.15) is 0 Å². The SMILES string of the molecule is CCOc1ccc(/C=C/C(=O)NC(CCC(=O)O)C(=O)O)cc1. The molecule has 1 rings (SSSR count). The third-order valence-corrected chi connectivity index (χ3v) is 2.88. The first kappa shape index (κ1) is 18.2. The van der Waals surface area contributed by atoms with E-state index in [1.54, 1.807) is 24.3 Å². The normalized spacial score (nSPS) is 11.9. The first-order valence-corrected chi connectivity index (χ1v) is 7.08. The summed E-state index contributed by atoms with van der Waals surface area (Å²) in [6.45, 7) is 2.44. The van der Waals surface area contributed by atoms with E-state index < -0.39 is 23.9 Å². The number of carbonyl (C=O) groups is 3. The van der Waals surface area contributed by atoms with Gasteiger partial charge >= 0.3 is 11.9 Å². The van der Waals surface area contributed by atoms with Crippen molar-refractivity contribution >= 4 is 23.9 Å². The van der Waals surface area contributed by atoms with Crippen molar-refractivity contribution in [1.82, 2.24) is 5.32 Å². The Kier molecular flexibility index (Phi) is 7.32. The molecule has 1 unspecified atom stereocenters. The van der Waals surface area contributed by atoms with Crippen LogP contribution in [0.25, 0.3) is 6.08 Å². The minimum Gasteiger partial charge on any atom is -0.494 e. The maximum atomic E-state index is 11.7. The third kappa shape index (κ3) is 7.12. The van der Waals surface area contributed by atoms with Crippen LogP contribution in [0.1, 0.15) is 25.3 Å². The molecule has 0 aromatic heterocycles. The Labute approximate surface area is 133 Å². The van der Waals surface area contributed by atoms with E-state index in [0.29, 0.717) is 12.4 Å². The second-order valence-corrected chi connectivity index (χ2v) is 4.67. The van der Waals surface area contributed by atoms with E-state index >= 15 is 0 Å². The molecule has 0 aliphatic rings. The van der Waals surface area contributed by atoms with Gasteiger partial charge in [-0.3, -0.25) is 9.59 Å². The summed E-state index contributed by atoms with van der Waals surface area (Å²) in [5, 5.41) is 19.8. The summed E-state index contributed by atoms with van der Waals surface area (Å²) in [7, 11) is 0. The van der Waals surface area contributed by atoms with Gasteiger partial charge in [-0.05, 0) is 37.1 Å². The number of hydrogen-bond acceptors (Lipinski definition) is 4. The number of aliphatic carboxylic acids is 2. The minimum atomic E-state index is -1.27. The third-order valence-electron chi connectivity index (χ3n) is 2.88. The Hall–Kier alpha value is -2.83. The highest BCUT2D eigenvalue weighted by atomic mass is 16.5. The van der Waals surface area contributed by atoms with Gasteiger partial charge < -0.3 is 20.3 Å². The maximum Gasteiger partial charge on any atom is 0.326 e. The lowest BCUT2D eigenvalue weighted by Crippen LogP contribution is -2.40. The van der Waals surface area contributed by atoms with Crippen LogP contribution >= 0.6 is 0 Å². The highest BCUT2D eigenvalue weighted by Crippen LogP contribution is 2.13. The highest BCUT2D eigenvalue weighted by molar-refractivity contribution is 5.94. The van der Waals surface area contributed by atoms with Gasteiger partial charge in [0.1, 0.15) is 11.8 Å². The number of nitrogens with one attached hydrogen (secondary N) is 1. The van der Waals surface area contributed by atoms with Gasteiger partial charge in [0.25, 0.3) is 0 Å². The summed E-state index contributed by atoms with van der Waals surface area (Å²) in [6, 6.07) is 5.80. The monoisotopic (exact) mass is 321 g/mol. The van der Waals surface area contributed by atoms with E-state index in [0.717, 1.165) is 5.56 Å². The summed E-state index contributed by atoms with van der Waals surface area (Å²) < 4.78 is 5.30. The molecule has 0 heterocycles. The van der Waals surface area contributed by atoms with Crippen LogP contribution in [0, 0.1) is 0 Å². The van der Waals surface area contributed by atoms with Crippen molar-refractivity contribution in [2.75, 3.05) is 6.61 Å². The van der Waals surface area contributed by atoms with Gasteiger partial charge in [-0.15, -0.1) is 0 Å². The predicted octanol–water partition coefficient (Wildman–Crippen LogP) is 1.53. The lowest BCUT2D eigenvalue weighted by Gasteiger charge is -2.11. The first-order valence-electron chi connectivity index (χ1n) is 7.08. The Morgan fingerprint density at radius 1 is 1.22 bits per heavy atom. The van der Waals surface area contributed by atoms with Crippen LogP contribution in [0.15, 0.2) is 30.3 Å². The van der Waals surface area contributed by atoms with E-state index in [1.165, 1.54) is 12.2 Å². The van der Waals surface area contributed by atoms with Gasteiger partial charge in [0.05, 0.1) is 6.61 Å². The van der Waals surface area contributed by atoms with Crippen LogP contribution in [-0.4, -0.2) is 40.7 Å². The second kappa shape index (κ2) is 9.24. The molecule has 0 saturated carbocycles. The average molecular weight is 321 g/mol. The summed E-state index contributed by atoms with van der Waals surface area (Å²) in [6.07, 6.45) is 2.22. The van der Waals surface area contributed by atoms with E-state index in [2.05, 4.69) is 5.32 Å². The Bertz CT molecular complexity index is 579. The standard InChI is InChI=1S/C16H19NO6/c1-2-23-12-6-3-11(4-7-12)5-9-14(18)17-13(16(21)22)8-10-15(19)20/h3-7,9,13H,2,8,10H2,1H3,(H,17,18)(H,19,20)(H,21,22)/b9-5+. The van der Waals surface area contributed by atoms with Crippen molar-refractivity contribution in [2.24, 2.45) is 0 Å². The molecule has 1 amide bonds. The zero-order chi connectivity index (χ0) is 17.2. The molecule has 23 heavy (non-hydrogen) atoms. The Morgan fingerprint density at radius 2 is 1.87 bits per heavy atom. The molecule has 0 radical (unpaired) electrons. The molecule has 0 spiro atoms. The summed E-state index contributed by atoms with van der Waals surface area (Å²) in [5.41, 5.74) is 0.751. The molecule has 124 valence electrons. The number of benzene rings is 1. The Morgan fingerprint density at radius 3 is 2.39 bits per heavy atom. The lowest BCUT2D eigenvalue weighted by atomic mass is 10.1. The summed E-state index contributed by atoms with van der Waals surface area (Å²) in [4.78, 5) is 33.2. The van der Waals surface area contributed by atoms with Crippen molar-refractivity contribution in [3.8, 4) is 5.75 Å². The van der Waals surface area contributed by atoms with Gasteiger partial charge in [-0.1, -0.05) is 12.1 Å². The maximum absolute atomic E-state index is 11.7. The first-order chi connectivity index (χ1) is 10.9. The molecular weight excluding hydrogens is 302 g/mol. The molecule has 0 bridgehead atoms. The summed E-state index contributed by atoms with van der Waals surface area (Å²) in [5.74, 6) is -2.27. The molecule has 0 saturated heterocycles. The fourth-order valence-corrected chi connectivity index (χ4v) is 1.76. The number of carbonyl (C=O) groups excluding carboxylic acids is 1. The molecule has 7 nitrogen and oxygen atoms in total. The molecule has 0 fully saturated rings. The second-order valence-electron chi connectivity index (χ2n) is 4.67. The van der Waals surface area contributed by atoms with Crippen molar-refractivity contribution in [1.29, 1.82) is 0 Å². The molecule has 1 aromatic rings. The zero-order valence-corrected chi connectivity index (χ0v) is 12.7. The smallest absolute Gasteiger partial charge is 0.326 e. The molecular formula is C16H19NO6. The fourth-order valence-electron chi connectivity index (χ4n) is 1.76. The van der Waals surface area contributed by atoms with E-state index in [-0.39, 0.29) is 12.8 Å². The van der Waals surface area contributed by atoms with Gasteiger partial charge in [0.2, 0.25) is 5.91 Å². The van der Waals surface area contributed by atoms with Crippen molar-refractivity contribution in [3.63, 3.8) is 0 Å². The number of carboxylic acids is 2.